The van der Waals surface area contributed by atoms with Crippen molar-refractivity contribution in [1.29, 1.82) is 0 Å². The first-order valence-electron chi connectivity index (χ1n) is 7.62. The van der Waals surface area contributed by atoms with Crippen molar-refractivity contribution in [2.24, 2.45) is 0 Å². The lowest BCUT2D eigenvalue weighted by molar-refractivity contribution is -0.136. The lowest BCUT2D eigenvalue weighted by atomic mass is 10.0. The molecule has 0 saturated heterocycles. The third-order valence-electron chi connectivity index (χ3n) is 3.75. The zero-order chi connectivity index (χ0) is 18.7. The minimum Gasteiger partial charge on any atom is -0.328 e. The number of anilines is 1. The molecule has 0 atom stereocenters. The van der Waals surface area contributed by atoms with Crippen LogP contribution in [0.15, 0.2) is 71.7 Å². The molecule has 1 heterocycles. The molecule has 2 N–H and O–H groups in total. The van der Waals surface area contributed by atoms with Crippen molar-refractivity contribution in [2.75, 3.05) is 5.32 Å². The van der Waals surface area contributed by atoms with Gasteiger partial charge in [-0.3, -0.25) is 9.59 Å². The SMILES string of the molecule is O=C(Nc1ccccc1C(F)(F)F)c1c(-c2ccccc2)cc[nH]c1=O. The number of carbonyl (C=O) groups excluding carboxylic acids is 1. The summed E-state index contributed by atoms with van der Waals surface area (Å²) in [4.78, 5) is 27.2. The highest BCUT2D eigenvalue weighted by Crippen LogP contribution is 2.34. The highest BCUT2D eigenvalue weighted by molar-refractivity contribution is 6.08. The van der Waals surface area contributed by atoms with Crippen LogP contribution in [0.25, 0.3) is 11.1 Å². The Kier molecular flexibility index (Phi) is 4.62. The Morgan fingerprint density at radius 3 is 2.27 bits per heavy atom. The lowest BCUT2D eigenvalue weighted by Gasteiger charge is -2.14. The van der Waals surface area contributed by atoms with Gasteiger partial charge >= 0.3 is 6.18 Å². The third kappa shape index (κ3) is 3.51. The molecule has 3 rings (SSSR count). The number of para-hydroxylation sites is 1. The van der Waals surface area contributed by atoms with Gasteiger partial charge in [0.25, 0.3) is 11.5 Å². The van der Waals surface area contributed by atoms with Gasteiger partial charge in [0.1, 0.15) is 5.56 Å². The number of amides is 1. The second kappa shape index (κ2) is 6.87. The molecular weight excluding hydrogens is 345 g/mol. The molecule has 0 spiro atoms. The van der Waals surface area contributed by atoms with Gasteiger partial charge < -0.3 is 10.3 Å². The number of benzene rings is 2. The molecule has 0 bridgehead atoms. The average Bonchev–Trinajstić information content (AvgIpc) is 2.61. The van der Waals surface area contributed by atoms with Crippen LogP contribution in [-0.2, 0) is 6.18 Å². The van der Waals surface area contributed by atoms with E-state index >= 15 is 0 Å². The highest BCUT2D eigenvalue weighted by atomic mass is 19.4. The molecule has 0 saturated carbocycles. The number of alkyl halides is 3. The van der Waals surface area contributed by atoms with Crippen molar-refractivity contribution < 1.29 is 18.0 Å². The van der Waals surface area contributed by atoms with Crippen LogP contribution in [0.3, 0.4) is 0 Å². The predicted molar refractivity (Wildman–Crippen MR) is 91.9 cm³/mol. The van der Waals surface area contributed by atoms with E-state index in [2.05, 4.69) is 10.3 Å². The van der Waals surface area contributed by atoms with Gasteiger partial charge in [0.05, 0.1) is 11.3 Å². The van der Waals surface area contributed by atoms with Crippen LogP contribution in [0.2, 0.25) is 0 Å². The summed E-state index contributed by atoms with van der Waals surface area (Å²) >= 11 is 0. The highest BCUT2D eigenvalue weighted by Gasteiger charge is 2.34. The standard InChI is InChI=1S/C19H13F3N2O2/c20-19(21,22)14-8-4-5-9-15(14)24-18(26)16-13(10-11-23-17(16)25)12-6-2-1-3-7-12/h1-11H,(H,23,25)(H,24,26). The first kappa shape index (κ1) is 17.5. The van der Waals surface area contributed by atoms with Gasteiger partial charge in [-0.05, 0) is 23.8 Å². The van der Waals surface area contributed by atoms with Crippen molar-refractivity contribution >= 4 is 11.6 Å². The number of hydrogen-bond donors (Lipinski definition) is 2. The summed E-state index contributed by atoms with van der Waals surface area (Å²) in [5.74, 6) is -0.914. The van der Waals surface area contributed by atoms with Gasteiger partial charge in [-0.2, -0.15) is 13.2 Å². The predicted octanol–water partition coefficient (Wildman–Crippen LogP) is 4.31. The van der Waals surface area contributed by atoms with Gasteiger partial charge in [0, 0.05) is 11.8 Å². The van der Waals surface area contributed by atoms with E-state index in [1.807, 2.05) is 0 Å². The van der Waals surface area contributed by atoms with Crippen LogP contribution in [-0.4, -0.2) is 10.9 Å². The van der Waals surface area contributed by atoms with Gasteiger partial charge in [0.15, 0.2) is 0 Å². The van der Waals surface area contributed by atoms with Crippen molar-refractivity contribution in [1.82, 2.24) is 4.98 Å². The molecule has 0 fully saturated rings. The molecule has 4 nitrogen and oxygen atoms in total. The Bertz CT molecular complexity index is 995. The van der Waals surface area contributed by atoms with Crippen molar-refractivity contribution in [3.05, 3.63) is 88.3 Å². The van der Waals surface area contributed by atoms with Crippen LogP contribution < -0.4 is 10.9 Å². The average molecular weight is 358 g/mol. The number of nitrogens with one attached hydrogen (secondary N) is 2. The summed E-state index contributed by atoms with van der Waals surface area (Å²) in [6.07, 6.45) is -3.25. The Balaban J connectivity index is 2.05. The van der Waals surface area contributed by atoms with Crippen molar-refractivity contribution in [3.63, 3.8) is 0 Å². The molecule has 2 aromatic carbocycles. The van der Waals surface area contributed by atoms with Crippen LogP contribution in [0.4, 0.5) is 18.9 Å². The second-order valence-electron chi connectivity index (χ2n) is 5.46. The monoisotopic (exact) mass is 358 g/mol. The number of H-pyrrole nitrogens is 1. The van der Waals surface area contributed by atoms with Crippen LogP contribution in [0, 0.1) is 0 Å². The topological polar surface area (TPSA) is 62.0 Å². The van der Waals surface area contributed by atoms with Crippen LogP contribution in [0.1, 0.15) is 15.9 Å². The number of hydrogen-bond acceptors (Lipinski definition) is 2. The number of halogens is 3. The first-order chi connectivity index (χ1) is 12.4. The minimum atomic E-state index is -4.63. The van der Waals surface area contributed by atoms with Gasteiger partial charge in [-0.15, -0.1) is 0 Å². The van der Waals surface area contributed by atoms with E-state index in [-0.39, 0.29) is 5.56 Å². The van der Waals surface area contributed by atoms with E-state index in [1.54, 1.807) is 30.3 Å². The van der Waals surface area contributed by atoms with Gasteiger partial charge in [-0.1, -0.05) is 42.5 Å². The molecule has 1 amide bonds. The van der Waals surface area contributed by atoms with Gasteiger partial charge in [0.2, 0.25) is 0 Å². The quantitative estimate of drug-likeness (QED) is 0.733. The van der Waals surface area contributed by atoms with E-state index in [0.29, 0.717) is 11.1 Å². The second-order valence-corrected chi connectivity index (χ2v) is 5.46. The number of rotatable bonds is 3. The first-order valence-corrected chi connectivity index (χ1v) is 7.62. The zero-order valence-corrected chi connectivity index (χ0v) is 13.3. The molecule has 7 heteroatoms. The zero-order valence-electron chi connectivity index (χ0n) is 13.3. The molecule has 0 radical (unpaired) electrons. The maximum Gasteiger partial charge on any atom is 0.418 e. The van der Waals surface area contributed by atoms with E-state index < -0.39 is 28.9 Å². The van der Waals surface area contributed by atoms with E-state index in [4.69, 9.17) is 0 Å². The molecule has 3 aromatic rings. The molecule has 0 unspecified atom stereocenters. The molecule has 132 valence electrons. The summed E-state index contributed by atoms with van der Waals surface area (Å²) < 4.78 is 39.3. The number of aromatic amines is 1. The maximum absolute atomic E-state index is 13.1. The number of carbonyl (C=O) groups is 1. The van der Waals surface area contributed by atoms with Gasteiger partial charge in [-0.25, -0.2) is 0 Å². The molecule has 0 aliphatic rings. The summed E-state index contributed by atoms with van der Waals surface area (Å²) in [6.45, 7) is 0. The summed E-state index contributed by atoms with van der Waals surface area (Å²) in [5.41, 5.74) is -1.40. The summed E-state index contributed by atoms with van der Waals surface area (Å²) in [5, 5.41) is 2.21. The van der Waals surface area contributed by atoms with Crippen LogP contribution in [0.5, 0.6) is 0 Å². The molecular formula is C19H13F3N2O2. The fraction of sp³-hybridized carbons (Fsp3) is 0.0526. The summed E-state index contributed by atoms with van der Waals surface area (Å²) in [7, 11) is 0. The van der Waals surface area contributed by atoms with E-state index in [0.717, 1.165) is 12.1 Å². The van der Waals surface area contributed by atoms with Crippen molar-refractivity contribution in [2.45, 2.75) is 6.18 Å². The molecule has 0 aliphatic heterocycles. The summed E-state index contributed by atoms with van der Waals surface area (Å²) in [6, 6.07) is 14.8. The molecule has 1 aromatic heterocycles. The fourth-order valence-electron chi connectivity index (χ4n) is 2.59. The normalized spacial score (nSPS) is 11.2. The van der Waals surface area contributed by atoms with Crippen LogP contribution >= 0.6 is 0 Å². The largest absolute Gasteiger partial charge is 0.418 e. The van der Waals surface area contributed by atoms with E-state index in [9.17, 15) is 22.8 Å². The smallest absolute Gasteiger partial charge is 0.328 e. The number of aromatic nitrogens is 1. The maximum atomic E-state index is 13.1. The Morgan fingerprint density at radius 1 is 0.923 bits per heavy atom. The Morgan fingerprint density at radius 2 is 1.58 bits per heavy atom. The lowest BCUT2D eigenvalue weighted by Crippen LogP contribution is -2.25. The van der Waals surface area contributed by atoms with Crippen molar-refractivity contribution in [3.8, 4) is 11.1 Å². The molecule has 26 heavy (non-hydrogen) atoms. The minimum absolute atomic E-state index is 0.254. The third-order valence-corrected chi connectivity index (χ3v) is 3.75. The Hall–Kier alpha value is -3.35. The number of pyridine rings is 1. The Labute approximate surface area is 146 Å². The fourth-order valence-corrected chi connectivity index (χ4v) is 2.59. The molecule has 0 aliphatic carbocycles. The van der Waals surface area contributed by atoms with E-state index in [1.165, 1.54) is 24.4 Å².